The maximum Gasteiger partial charge on any atom is 0.306 e. The minimum Gasteiger partial charge on any atom is -0.481 e. The van der Waals surface area contributed by atoms with Gasteiger partial charge in [0.15, 0.2) is 0 Å². The fraction of sp³-hybridized carbons (Fsp3) is 0.320. The number of nitrogens with one attached hydrogen (secondary N) is 1. The molecule has 0 amide bonds. The van der Waals surface area contributed by atoms with Crippen LogP contribution in [0.5, 0.6) is 0 Å². The van der Waals surface area contributed by atoms with Gasteiger partial charge in [-0.3, -0.25) is 4.79 Å². The molecule has 7 heteroatoms. The summed E-state index contributed by atoms with van der Waals surface area (Å²) >= 11 is 0. The maximum absolute atomic E-state index is 13.7. The second kappa shape index (κ2) is 8.57. The highest BCUT2D eigenvalue weighted by Crippen LogP contribution is 2.42. The van der Waals surface area contributed by atoms with Crippen LogP contribution >= 0.6 is 0 Å². The first kappa shape index (κ1) is 21.7. The summed E-state index contributed by atoms with van der Waals surface area (Å²) in [6.07, 6.45) is 2.35. The van der Waals surface area contributed by atoms with E-state index in [0.717, 1.165) is 27.9 Å². The van der Waals surface area contributed by atoms with E-state index in [0.29, 0.717) is 42.7 Å². The van der Waals surface area contributed by atoms with E-state index in [2.05, 4.69) is 18.7 Å². The molecule has 2 aromatic carbocycles. The van der Waals surface area contributed by atoms with Crippen molar-refractivity contribution in [1.29, 1.82) is 5.41 Å². The van der Waals surface area contributed by atoms with E-state index < -0.39 is 5.97 Å². The number of halogens is 1. The minimum absolute atomic E-state index is 0.111. The third kappa shape index (κ3) is 3.90. The monoisotopic (exact) mass is 434 g/mol. The van der Waals surface area contributed by atoms with Crippen molar-refractivity contribution < 1.29 is 14.3 Å². The largest absolute Gasteiger partial charge is 0.481 e. The van der Waals surface area contributed by atoms with Crippen LogP contribution in [-0.4, -0.2) is 35.4 Å². The molecule has 0 bridgehead atoms. The van der Waals surface area contributed by atoms with Crippen LogP contribution in [0.15, 0.2) is 36.4 Å². The first-order chi connectivity index (χ1) is 15.3. The summed E-state index contributed by atoms with van der Waals surface area (Å²) in [7, 11) is 0. The van der Waals surface area contributed by atoms with Crippen molar-refractivity contribution >= 4 is 34.6 Å². The van der Waals surface area contributed by atoms with E-state index >= 15 is 0 Å². The number of anilines is 2. The zero-order valence-electron chi connectivity index (χ0n) is 18.2. The van der Waals surface area contributed by atoms with Crippen LogP contribution in [0.1, 0.15) is 43.7 Å². The van der Waals surface area contributed by atoms with Gasteiger partial charge in [0.1, 0.15) is 11.6 Å². The van der Waals surface area contributed by atoms with Gasteiger partial charge in [-0.05, 0) is 54.2 Å². The van der Waals surface area contributed by atoms with Crippen LogP contribution in [0.2, 0.25) is 0 Å². The molecule has 0 unspecified atom stereocenters. The van der Waals surface area contributed by atoms with Gasteiger partial charge in [0.25, 0.3) is 0 Å². The van der Waals surface area contributed by atoms with E-state index in [1.54, 1.807) is 18.2 Å². The summed E-state index contributed by atoms with van der Waals surface area (Å²) in [6.45, 7) is 5.40. The number of hydrogen-bond donors (Lipinski definition) is 3. The van der Waals surface area contributed by atoms with Gasteiger partial charge in [0.05, 0.1) is 11.4 Å². The van der Waals surface area contributed by atoms with Crippen molar-refractivity contribution in [3.63, 3.8) is 0 Å². The lowest BCUT2D eigenvalue weighted by atomic mass is 9.88. The smallest absolute Gasteiger partial charge is 0.306 e. The molecule has 32 heavy (non-hydrogen) atoms. The Hall–Kier alpha value is -3.48. The average molecular weight is 435 g/mol. The van der Waals surface area contributed by atoms with Gasteiger partial charge in [0.2, 0.25) is 0 Å². The topological polar surface area (TPSA) is 103 Å². The maximum atomic E-state index is 13.7. The zero-order chi connectivity index (χ0) is 23.0. The molecule has 1 aromatic heterocycles. The number of nitrogens with zero attached hydrogens (tertiary/aromatic N) is 2. The number of aromatic nitrogens is 1. The Morgan fingerprint density at radius 2 is 1.91 bits per heavy atom. The number of aliphatic carboxylic acids is 1. The number of nitrogen functional groups attached to an aromatic ring is 1. The first-order valence-electron chi connectivity index (χ1n) is 10.8. The first-order valence-corrected chi connectivity index (χ1v) is 10.8. The fourth-order valence-electron chi connectivity index (χ4n) is 4.52. The van der Waals surface area contributed by atoms with Crippen molar-refractivity contribution in [3.8, 4) is 11.1 Å². The molecule has 1 aliphatic rings. The van der Waals surface area contributed by atoms with E-state index in [-0.39, 0.29) is 17.7 Å². The molecule has 0 radical (unpaired) electrons. The van der Waals surface area contributed by atoms with Crippen molar-refractivity contribution in [2.75, 3.05) is 23.7 Å². The Balaban J connectivity index is 1.98. The molecule has 1 fully saturated rings. The normalized spacial score (nSPS) is 14.8. The number of benzene rings is 2. The van der Waals surface area contributed by atoms with Crippen LogP contribution in [-0.2, 0) is 4.79 Å². The Kier molecular flexibility index (Phi) is 5.82. The summed E-state index contributed by atoms with van der Waals surface area (Å²) in [5, 5.41) is 18.0. The minimum atomic E-state index is -0.751. The number of carbonyl (C=O) groups is 1. The summed E-state index contributed by atoms with van der Waals surface area (Å²) in [6, 6.07) is 10.1. The number of fused-ring (bicyclic) bond motifs is 1. The predicted molar refractivity (Wildman–Crippen MR) is 126 cm³/mol. The molecule has 1 saturated heterocycles. The second-order valence-corrected chi connectivity index (χ2v) is 8.63. The van der Waals surface area contributed by atoms with Crippen molar-refractivity contribution in [2.24, 2.45) is 5.92 Å². The highest BCUT2D eigenvalue weighted by atomic mass is 19.1. The van der Waals surface area contributed by atoms with Crippen molar-refractivity contribution in [3.05, 3.63) is 53.3 Å². The predicted octanol–water partition coefficient (Wildman–Crippen LogP) is 5.05. The molecule has 2 heterocycles. The number of carboxylic acids is 1. The van der Waals surface area contributed by atoms with Crippen LogP contribution in [0, 0.1) is 17.1 Å². The van der Waals surface area contributed by atoms with E-state index in [9.17, 15) is 14.3 Å². The molecule has 0 aliphatic carbocycles. The van der Waals surface area contributed by atoms with Gasteiger partial charge in [-0.2, -0.15) is 0 Å². The lowest BCUT2D eigenvalue weighted by Gasteiger charge is -2.34. The molecule has 1 aliphatic heterocycles. The number of nitrogens with two attached hydrogens (primary N) is 1. The summed E-state index contributed by atoms with van der Waals surface area (Å²) in [4.78, 5) is 18.5. The zero-order valence-corrected chi connectivity index (χ0v) is 18.2. The Morgan fingerprint density at radius 3 is 2.47 bits per heavy atom. The molecule has 4 N–H and O–H groups in total. The summed E-state index contributed by atoms with van der Waals surface area (Å²) < 4.78 is 13.7. The van der Waals surface area contributed by atoms with Crippen LogP contribution in [0.25, 0.3) is 22.0 Å². The number of pyridine rings is 1. The molecule has 166 valence electrons. The highest BCUT2D eigenvalue weighted by molar-refractivity contribution is 6.04. The number of hydrogen-bond acceptors (Lipinski definition) is 5. The number of piperidine rings is 1. The van der Waals surface area contributed by atoms with E-state index in [1.807, 2.05) is 6.07 Å². The van der Waals surface area contributed by atoms with Crippen molar-refractivity contribution in [1.82, 2.24) is 4.98 Å². The highest BCUT2D eigenvalue weighted by Gasteiger charge is 2.29. The van der Waals surface area contributed by atoms with Gasteiger partial charge < -0.3 is 21.1 Å². The van der Waals surface area contributed by atoms with Crippen LogP contribution in [0.3, 0.4) is 0 Å². The fourth-order valence-corrected chi connectivity index (χ4v) is 4.52. The van der Waals surface area contributed by atoms with Gasteiger partial charge in [-0.1, -0.05) is 26.0 Å². The number of carboxylic acid groups (broad SMARTS) is 1. The van der Waals surface area contributed by atoms with Crippen LogP contribution in [0.4, 0.5) is 15.9 Å². The lowest BCUT2D eigenvalue weighted by Crippen LogP contribution is -2.37. The van der Waals surface area contributed by atoms with Gasteiger partial charge in [0, 0.05) is 41.5 Å². The molecule has 0 saturated carbocycles. The Morgan fingerprint density at radius 1 is 1.25 bits per heavy atom. The van der Waals surface area contributed by atoms with Crippen molar-refractivity contribution in [2.45, 2.75) is 32.6 Å². The second-order valence-electron chi connectivity index (χ2n) is 8.63. The SMILES string of the molecule is CC(C)c1c(N2CCC(C(=O)O)CC2)nc2cc(N)c(C=N)cc2c1-c1ccc(F)cc1. The third-order valence-electron chi connectivity index (χ3n) is 6.22. The van der Waals surface area contributed by atoms with Crippen LogP contribution < -0.4 is 10.6 Å². The van der Waals surface area contributed by atoms with Gasteiger partial charge >= 0.3 is 5.97 Å². The molecular formula is C25H27FN4O2. The summed E-state index contributed by atoms with van der Waals surface area (Å²) in [5.74, 6) is -0.466. The molecule has 0 atom stereocenters. The third-order valence-corrected chi connectivity index (χ3v) is 6.22. The molecular weight excluding hydrogens is 407 g/mol. The number of rotatable bonds is 5. The standard InChI is InChI=1S/C25H27FN4O2/c1-14(2)22-23(15-3-5-18(26)6-4-15)19-11-17(13-27)20(28)12-21(19)29-24(22)30-9-7-16(8-10-30)25(31)32/h3-6,11-14,16,27H,7-10,28H2,1-2H3,(H,31,32). The Labute approximate surface area is 186 Å². The quantitative estimate of drug-likeness (QED) is 0.385. The Bertz CT molecular complexity index is 1180. The molecule has 0 spiro atoms. The van der Waals surface area contributed by atoms with E-state index in [1.165, 1.54) is 18.3 Å². The summed E-state index contributed by atoms with van der Waals surface area (Å²) in [5.41, 5.74) is 10.8. The van der Waals surface area contributed by atoms with E-state index in [4.69, 9.17) is 16.1 Å². The van der Waals surface area contributed by atoms with Gasteiger partial charge in [-0.15, -0.1) is 0 Å². The van der Waals surface area contributed by atoms with Gasteiger partial charge in [-0.25, -0.2) is 9.37 Å². The molecule has 3 aromatic rings. The average Bonchev–Trinajstić information content (AvgIpc) is 2.78. The molecule has 4 rings (SSSR count). The lowest BCUT2D eigenvalue weighted by molar-refractivity contribution is -0.142. The molecule has 6 nitrogen and oxygen atoms in total.